The number of hydrogen-bond donors (Lipinski definition) is 2. The Balaban J connectivity index is 1.93. The molecule has 1 aliphatic rings. The molecule has 1 saturated heterocycles. The van der Waals surface area contributed by atoms with Crippen molar-refractivity contribution in [3.63, 3.8) is 0 Å². The van der Waals surface area contributed by atoms with Crippen molar-refractivity contribution < 1.29 is 14.7 Å². The Morgan fingerprint density at radius 1 is 1.40 bits per heavy atom. The van der Waals surface area contributed by atoms with Crippen molar-refractivity contribution in [2.75, 3.05) is 6.54 Å². The number of carbonyl (C=O) groups excluding carboxylic acids is 1. The quantitative estimate of drug-likeness (QED) is 0.857. The van der Waals surface area contributed by atoms with Gasteiger partial charge in [0, 0.05) is 12.7 Å². The van der Waals surface area contributed by atoms with Crippen LogP contribution in [0, 0.1) is 6.92 Å². The molecule has 7 nitrogen and oxygen atoms in total. The van der Waals surface area contributed by atoms with Gasteiger partial charge >= 0.3 is 12.0 Å². The fourth-order valence-electron chi connectivity index (χ4n) is 2.21. The lowest BCUT2D eigenvalue weighted by molar-refractivity contribution is -0.143. The zero-order valence-electron chi connectivity index (χ0n) is 11.4. The molecule has 0 aliphatic carbocycles. The molecule has 0 bridgehead atoms. The van der Waals surface area contributed by atoms with Crippen LogP contribution in [-0.4, -0.2) is 44.6 Å². The second-order valence-electron chi connectivity index (χ2n) is 4.85. The molecule has 2 N–H and O–H groups in total. The summed E-state index contributed by atoms with van der Waals surface area (Å²) in [5.41, 5.74) is 1.45. The minimum atomic E-state index is -0.949. The fraction of sp³-hybridized carbons (Fsp3) is 0.538. The zero-order chi connectivity index (χ0) is 14.5. The first-order valence-electron chi connectivity index (χ1n) is 6.62. The molecule has 7 heteroatoms. The SMILES string of the molecule is Cc1cnc(CNC(=O)N2CCCCC2C(=O)O)cn1. The lowest BCUT2D eigenvalue weighted by atomic mass is 10.0. The molecule has 1 unspecified atom stereocenters. The maximum atomic E-state index is 12.1. The number of carboxylic acids is 1. The molecule has 0 radical (unpaired) electrons. The average Bonchev–Trinajstić information content (AvgIpc) is 2.46. The van der Waals surface area contributed by atoms with E-state index in [4.69, 9.17) is 5.11 Å². The predicted molar refractivity (Wildman–Crippen MR) is 71.0 cm³/mol. The zero-order valence-corrected chi connectivity index (χ0v) is 11.4. The summed E-state index contributed by atoms with van der Waals surface area (Å²) in [5, 5.41) is 11.8. The van der Waals surface area contributed by atoms with E-state index in [1.54, 1.807) is 12.4 Å². The largest absolute Gasteiger partial charge is 0.480 e. The normalized spacial score (nSPS) is 18.6. The Labute approximate surface area is 117 Å². The first-order chi connectivity index (χ1) is 9.58. The van der Waals surface area contributed by atoms with E-state index < -0.39 is 12.0 Å². The minimum Gasteiger partial charge on any atom is -0.480 e. The highest BCUT2D eigenvalue weighted by Crippen LogP contribution is 2.17. The van der Waals surface area contributed by atoms with Gasteiger partial charge in [-0.15, -0.1) is 0 Å². The van der Waals surface area contributed by atoms with Crippen molar-refractivity contribution in [3.8, 4) is 0 Å². The Morgan fingerprint density at radius 3 is 2.85 bits per heavy atom. The molecule has 108 valence electrons. The van der Waals surface area contributed by atoms with Gasteiger partial charge in [0.2, 0.25) is 0 Å². The summed E-state index contributed by atoms with van der Waals surface area (Å²) >= 11 is 0. The van der Waals surface area contributed by atoms with Gasteiger partial charge < -0.3 is 15.3 Å². The number of piperidine rings is 1. The third kappa shape index (κ3) is 3.43. The van der Waals surface area contributed by atoms with Crippen LogP contribution < -0.4 is 5.32 Å². The summed E-state index contributed by atoms with van der Waals surface area (Å²) in [6.07, 6.45) is 5.40. The highest BCUT2D eigenvalue weighted by Gasteiger charge is 2.31. The van der Waals surface area contributed by atoms with Gasteiger partial charge in [-0.05, 0) is 26.2 Å². The van der Waals surface area contributed by atoms with Crippen LogP contribution in [0.3, 0.4) is 0 Å². The number of carbonyl (C=O) groups is 2. The average molecular weight is 278 g/mol. The molecule has 2 rings (SSSR count). The molecule has 20 heavy (non-hydrogen) atoms. The molecular formula is C13H18N4O3. The molecule has 1 aromatic heterocycles. The van der Waals surface area contributed by atoms with Crippen LogP contribution in [0.1, 0.15) is 30.7 Å². The van der Waals surface area contributed by atoms with Crippen molar-refractivity contribution in [1.82, 2.24) is 20.2 Å². The van der Waals surface area contributed by atoms with Crippen molar-refractivity contribution in [3.05, 3.63) is 23.8 Å². The van der Waals surface area contributed by atoms with Gasteiger partial charge in [0.15, 0.2) is 0 Å². The maximum Gasteiger partial charge on any atom is 0.326 e. The number of nitrogens with one attached hydrogen (secondary N) is 1. The number of nitrogens with zero attached hydrogens (tertiary/aromatic N) is 3. The lowest BCUT2D eigenvalue weighted by Crippen LogP contribution is -2.51. The van der Waals surface area contributed by atoms with Crippen LogP contribution in [0.2, 0.25) is 0 Å². The minimum absolute atomic E-state index is 0.245. The van der Waals surface area contributed by atoms with Gasteiger partial charge in [-0.25, -0.2) is 9.59 Å². The van der Waals surface area contributed by atoms with E-state index >= 15 is 0 Å². The van der Waals surface area contributed by atoms with Crippen molar-refractivity contribution >= 4 is 12.0 Å². The van der Waals surface area contributed by atoms with Crippen molar-refractivity contribution in [2.45, 2.75) is 38.8 Å². The summed E-state index contributed by atoms with van der Waals surface area (Å²) in [7, 11) is 0. The predicted octanol–water partition coefficient (Wildman–Crippen LogP) is 0.934. The summed E-state index contributed by atoms with van der Waals surface area (Å²) in [6, 6.07) is -1.09. The highest BCUT2D eigenvalue weighted by atomic mass is 16.4. The molecule has 0 saturated carbocycles. The third-order valence-electron chi connectivity index (χ3n) is 3.30. The third-order valence-corrected chi connectivity index (χ3v) is 3.30. The molecule has 2 heterocycles. The second kappa shape index (κ2) is 6.31. The molecule has 1 aliphatic heterocycles. The maximum absolute atomic E-state index is 12.1. The Hall–Kier alpha value is -2.18. The number of likely N-dealkylation sites (tertiary alicyclic amines) is 1. The molecule has 1 atom stereocenters. The highest BCUT2D eigenvalue weighted by molar-refractivity contribution is 5.82. The van der Waals surface area contributed by atoms with Crippen molar-refractivity contribution in [2.24, 2.45) is 0 Å². The Bertz CT molecular complexity index is 489. The monoisotopic (exact) mass is 278 g/mol. The van der Waals surface area contributed by atoms with Gasteiger partial charge in [-0.1, -0.05) is 0 Å². The molecule has 0 spiro atoms. The smallest absolute Gasteiger partial charge is 0.326 e. The van der Waals surface area contributed by atoms with E-state index in [9.17, 15) is 9.59 Å². The second-order valence-corrected chi connectivity index (χ2v) is 4.85. The molecule has 1 aromatic rings. The van der Waals surface area contributed by atoms with E-state index in [1.165, 1.54) is 4.90 Å². The van der Waals surface area contributed by atoms with Gasteiger partial charge in [-0.3, -0.25) is 9.97 Å². The molecule has 1 fully saturated rings. The molecule has 0 aromatic carbocycles. The number of carboxylic acid groups (broad SMARTS) is 1. The number of aryl methyl sites for hydroxylation is 1. The van der Waals surface area contributed by atoms with Crippen molar-refractivity contribution in [1.29, 1.82) is 0 Å². The van der Waals surface area contributed by atoms with Gasteiger partial charge in [-0.2, -0.15) is 0 Å². The van der Waals surface area contributed by atoms with Gasteiger partial charge in [0.1, 0.15) is 6.04 Å². The summed E-state index contributed by atoms with van der Waals surface area (Å²) in [4.78, 5) is 32.8. The van der Waals surface area contributed by atoms with Crippen LogP contribution >= 0.6 is 0 Å². The summed E-state index contributed by atoms with van der Waals surface area (Å²) in [5.74, 6) is -0.949. The number of amides is 2. The van der Waals surface area contributed by atoms with E-state index in [2.05, 4.69) is 15.3 Å². The number of urea groups is 1. The fourth-order valence-corrected chi connectivity index (χ4v) is 2.21. The van der Waals surface area contributed by atoms with E-state index in [-0.39, 0.29) is 12.6 Å². The topological polar surface area (TPSA) is 95.4 Å². The first-order valence-corrected chi connectivity index (χ1v) is 6.62. The number of aliphatic carboxylic acids is 1. The van der Waals surface area contributed by atoms with Crippen LogP contribution in [0.15, 0.2) is 12.4 Å². The van der Waals surface area contributed by atoms with E-state index in [1.807, 2.05) is 6.92 Å². The number of rotatable bonds is 3. The van der Waals surface area contributed by atoms with Crippen LogP contribution in [-0.2, 0) is 11.3 Å². The van der Waals surface area contributed by atoms with Crippen LogP contribution in [0.5, 0.6) is 0 Å². The van der Waals surface area contributed by atoms with E-state index in [0.717, 1.165) is 18.5 Å². The van der Waals surface area contributed by atoms with Crippen LogP contribution in [0.4, 0.5) is 4.79 Å². The Morgan fingerprint density at radius 2 is 2.20 bits per heavy atom. The standard InChI is InChI=1S/C13H18N4O3/c1-9-6-15-10(7-14-9)8-16-13(20)17-5-3-2-4-11(17)12(18)19/h6-7,11H,2-5,8H2,1H3,(H,16,20)(H,18,19). The number of aromatic nitrogens is 2. The lowest BCUT2D eigenvalue weighted by Gasteiger charge is -2.32. The van der Waals surface area contributed by atoms with Gasteiger partial charge in [0.25, 0.3) is 0 Å². The first kappa shape index (κ1) is 14.2. The summed E-state index contributed by atoms with van der Waals surface area (Å²) < 4.78 is 0. The molecule has 2 amide bonds. The van der Waals surface area contributed by atoms with Gasteiger partial charge in [0.05, 0.1) is 24.1 Å². The van der Waals surface area contributed by atoms with Crippen LogP contribution in [0.25, 0.3) is 0 Å². The number of hydrogen-bond acceptors (Lipinski definition) is 4. The summed E-state index contributed by atoms with van der Waals surface area (Å²) in [6.45, 7) is 2.55. The molecular weight excluding hydrogens is 260 g/mol. The Kier molecular flexibility index (Phi) is 4.49. The van der Waals surface area contributed by atoms with E-state index in [0.29, 0.717) is 18.7 Å².